The van der Waals surface area contributed by atoms with Gasteiger partial charge < -0.3 is 9.47 Å². The second-order valence-electron chi connectivity index (χ2n) is 6.63. The Balaban J connectivity index is 1.62. The fourth-order valence-corrected chi connectivity index (χ4v) is 3.73. The molecule has 0 bridgehead atoms. The Morgan fingerprint density at radius 3 is 2.59 bits per heavy atom. The maximum atomic E-state index is 13.0. The third-order valence-electron chi connectivity index (χ3n) is 5.04. The third kappa shape index (κ3) is 2.16. The normalized spacial score (nSPS) is 17.5. The van der Waals surface area contributed by atoms with E-state index in [4.69, 9.17) is 0 Å². The van der Waals surface area contributed by atoms with Crippen molar-refractivity contribution in [3.63, 3.8) is 0 Å². The summed E-state index contributed by atoms with van der Waals surface area (Å²) in [5.74, 6) is 0.189. The Labute approximate surface area is 131 Å². The van der Waals surface area contributed by atoms with Gasteiger partial charge in [0, 0.05) is 30.5 Å². The minimum atomic E-state index is 0.189. The van der Waals surface area contributed by atoms with Crippen LogP contribution in [0.15, 0.2) is 30.3 Å². The molecule has 114 valence electrons. The summed E-state index contributed by atoms with van der Waals surface area (Å²) in [6.07, 6.45) is 3.46. The molecule has 0 spiro atoms. The van der Waals surface area contributed by atoms with Crippen molar-refractivity contribution < 1.29 is 4.79 Å². The monoisotopic (exact) mass is 294 g/mol. The van der Waals surface area contributed by atoms with Crippen LogP contribution in [-0.2, 0) is 13.0 Å². The van der Waals surface area contributed by atoms with Crippen LogP contribution in [0, 0.1) is 13.8 Å². The van der Waals surface area contributed by atoms with Gasteiger partial charge in [-0.1, -0.05) is 24.3 Å². The Morgan fingerprint density at radius 2 is 1.86 bits per heavy atom. The number of nitrogens with zero attached hydrogens (tertiary/aromatic N) is 2. The molecule has 0 N–H and O–H groups in total. The molecule has 2 aliphatic rings. The van der Waals surface area contributed by atoms with Crippen LogP contribution in [-0.4, -0.2) is 21.9 Å². The Kier molecular flexibility index (Phi) is 3.10. The van der Waals surface area contributed by atoms with E-state index in [9.17, 15) is 4.79 Å². The van der Waals surface area contributed by atoms with Gasteiger partial charge in [-0.15, -0.1) is 0 Å². The number of aromatic nitrogens is 1. The largest absolute Gasteiger partial charge is 0.345 e. The quantitative estimate of drug-likeness (QED) is 0.830. The first-order chi connectivity index (χ1) is 10.6. The molecule has 1 aliphatic heterocycles. The molecular formula is C19H22N2O. The zero-order valence-electron chi connectivity index (χ0n) is 13.3. The molecule has 0 atom stereocenters. The van der Waals surface area contributed by atoms with Crippen molar-refractivity contribution in [1.29, 1.82) is 0 Å². The van der Waals surface area contributed by atoms with Crippen molar-refractivity contribution in [2.45, 2.75) is 45.7 Å². The van der Waals surface area contributed by atoms with Crippen LogP contribution in [0.25, 0.3) is 0 Å². The topological polar surface area (TPSA) is 25.2 Å². The summed E-state index contributed by atoms with van der Waals surface area (Å²) in [5, 5.41) is 0. The zero-order valence-corrected chi connectivity index (χ0v) is 13.3. The minimum absolute atomic E-state index is 0.189. The van der Waals surface area contributed by atoms with Crippen LogP contribution in [0.2, 0.25) is 0 Å². The first kappa shape index (κ1) is 13.6. The van der Waals surface area contributed by atoms with E-state index >= 15 is 0 Å². The number of amides is 1. The molecule has 2 aromatic rings. The highest BCUT2D eigenvalue weighted by Gasteiger charge is 2.30. The van der Waals surface area contributed by atoms with Crippen LogP contribution in [0.3, 0.4) is 0 Å². The molecule has 0 unspecified atom stereocenters. The number of benzene rings is 1. The van der Waals surface area contributed by atoms with E-state index in [1.54, 1.807) is 0 Å². The molecule has 1 aromatic heterocycles. The molecule has 4 rings (SSSR count). The summed E-state index contributed by atoms with van der Waals surface area (Å²) in [4.78, 5) is 15.0. The van der Waals surface area contributed by atoms with Gasteiger partial charge >= 0.3 is 0 Å². The van der Waals surface area contributed by atoms with Gasteiger partial charge in [-0.2, -0.15) is 0 Å². The number of aryl methyl sites for hydroxylation is 1. The van der Waals surface area contributed by atoms with E-state index in [0.29, 0.717) is 6.04 Å². The van der Waals surface area contributed by atoms with Crippen LogP contribution in [0.4, 0.5) is 0 Å². The van der Waals surface area contributed by atoms with E-state index in [0.717, 1.165) is 30.8 Å². The number of hydrogen-bond acceptors (Lipinski definition) is 1. The molecule has 22 heavy (non-hydrogen) atoms. The lowest BCUT2D eigenvalue weighted by Gasteiger charge is -2.29. The molecule has 0 saturated heterocycles. The summed E-state index contributed by atoms with van der Waals surface area (Å²) in [6, 6.07) is 11.2. The van der Waals surface area contributed by atoms with Crippen LogP contribution >= 0.6 is 0 Å². The van der Waals surface area contributed by atoms with E-state index in [1.165, 1.54) is 29.7 Å². The maximum absolute atomic E-state index is 13.0. The summed E-state index contributed by atoms with van der Waals surface area (Å²) in [5.41, 5.74) is 5.93. The van der Waals surface area contributed by atoms with E-state index < -0.39 is 0 Å². The van der Waals surface area contributed by atoms with E-state index in [2.05, 4.69) is 48.7 Å². The Morgan fingerprint density at radius 1 is 1.14 bits per heavy atom. The molecule has 1 fully saturated rings. The highest BCUT2D eigenvalue weighted by atomic mass is 16.2. The Hall–Kier alpha value is -2.03. The number of rotatable bonds is 2. The third-order valence-corrected chi connectivity index (χ3v) is 5.04. The number of carbonyl (C=O) groups is 1. The van der Waals surface area contributed by atoms with Crippen LogP contribution < -0.4 is 0 Å². The lowest BCUT2D eigenvalue weighted by molar-refractivity contribution is 0.0734. The highest BCUT2D eigenvalue weighted by Crippen LogP contribution is 2.38. The summed E-state index contributed by atoms with van der Waals surface area (Å²) in [6.45, 7) is 5.77. The van der Waals surface area contributed by atoms with Gasteiger partial charge in [-0.25, -0.2) is 0 Å². The SMILES string of the molecule is Cc1cc(C(=O)N2CCc3ccccc3C2)c(C)n1C1CC1. The molecular weight excluding hydrogens is 272 g/mol. The molecule has 3 heteroatoms. The van der Waals surface area contributed by atoms with Crippen molar-refractivity contribution in [3.05, 3.63) is 58.4 Å². The fourth-order valence-electron chi connectivity index (χ4n) is 3.73. The average Bonchev–Trinajstić information content (AvgIpc) is 3.32. The molecule has 1 aliphatic carbocycles. The molecule has 1 amide bonds. The second-order valence-corrected chi connectivity index (χ2v) is 6.63. The average molecular weight is 294 g/mol. The number of carbonyl (C=O) groups excluding carboxylic acids is 1. The first-order valence-corrected chi connectivity index (χ1v) is 8.19. The molecule has 1 aromatic carbocycles. The van der Waals surface area contributed by atoms with Crippen LogP contribution in [0.5, 0.6) is 0 Å². The predicted molar refractivity (Wildman–Crippen MR) is 87.1 cm³/mol. The van der Waals surface area contributed by atoms with E-state index in [-0.39, 0.29) is 5.91 Å². The van der Waals surface area contributed by atoms with Gasteiger partial charge in [-0.05, 0) is 50.3 Å². The zero-order chi connectivity index (χ0) is 15.3. The standard InChI is InChI=1S/C19H22N2O/c1-13-11-18(14(2)21(13)17-7-8-17)19(22)20-10-9-15-5-3-4-6-16(15)12-20/h3-6,11,17H,7-10,12H2,1-2H3. The summed E-state index contributed by atoms with van der Waals surface area (Å²) >= 11 is 0. The molecule has 0 radical (unpaired) electrons. The lowest BCUT2D eigenvalue weighted by Crippen LogP contribution is -2.36. The van der Waals surface area contributed by atoms with Crippen molar-refractivity contribution in [1.82, 2.24) is 9.47 Å². The van der Waals surface area contributed by atoms with Gasteiger partial charge in [0.1, 0.15) is 0 Å². The van der Waals surface area contributed by atoms with Gasteiger partial charge in [0.15, 0.2) is 0 Å². The lowest BCUT2D eigenvalue weighted by atomic mass is 9.99. The van der Waals surface area contributed by atoms with Gasteiger partial charge in [0.2, 0.25) is 0 Å². The summed E-state index contributed by atoms with van der Waals surface area (Å²) < 4.78 is 2.35. The minimum Gasteiger partial charge on any atom is -0.345 e. The Bertz CT molecular complexity index is 740. The second kappa shape index (κ2) is 5.01. The van der Waals surface area contributed by atoms with Crippen molar-refractivity contribution in [3.8, 4) is 0 Å². The van der Waals surface area contributed by atoms with Gasteiger partial charge in [-0.3, -0.25) is 4.79 Å². The molecule has 3 nitrogen and oxygen atoms in total. The number of fused-ring (bicyclic) bond motifs is 1. The van der Waals surface area contributed by atoms with Crippen molar-refractivity contribution in [2.75, 3.05) is 6.54 Å². The van der Waals surface area contributed by atoms with Gasteiger partial charge in [0.25, 0.3) is 5.91 Å². The summed E-state index contributed by atoms with van der Waals surface area (Å²) in [7, 11) is 0. The molecule has 1 saturated carbocycles. The smallest absolute Gasteiger partial charge is 0.255 e. The fraction of sp³-hybridized carbons (Fsp3) is 0.421. The van der Waals surface area contributed by atoms with Crippen molar-refractivity contribution >= 4 is 5.91 Å². The van der Waals surface area contributed by atoms with Gasteiger partial charge in [0.05, 0.1) is 5.56 Å². The van der Waals surface area contributed by atoms with Crippen LogP contribution in [0.1, 0.15) is 51.8 Å². The molecule has 2 heterocycles. The predicted octanol–water partition coefficient (Wildman–Crippen LogP) is 3.64. The maximum Gasteiger partial charge on any atom is 0.255 e. The number of hydrogen-bond donors (Lipinski definition) is 0. The van der Waals surface area contributed by atoms with Crippen molar-refractivity contribution in [2.24, 2.45) is 0 Å². The van der Waals surface area contributed by atoms with E-state index in [1.807, 2.05) is 4.90 Å². The highest BCUT2D eigenvalue weighted by molar-refractivity contribution is 5.96. The first-order valence-electron chi connectivity index (χ1n) is 8.19.